The van der Waals surface area contributed by atoms with E-state index in [9.17, 15) is 14.0 Å². The van der Waals surface area contributed by atoms with E-state index >= 15 is 0 Å². The van der Waals surface area contributed by atoms with Gasteiger partial charge in [-0.05, 0) is 30.5 Å². The molecular formula is C17H22FNO4. The second kappa shape index (κ2) is 8.06. The van der Waals surface area contributed by atoms with Crippen molar-refractivity contribution in [2.24, 2.45) is 5.92 Å². The predicted molar refractivity (Wildman–Crippen MR) is 82.5 cm³/mol. The second-order valence-corrected chi connectivity index (χ2v) is 5.94. The molecule has 0 saturated carbocycles. The smallest absolute Gasteiger partial charge is 0.306 e. The lowest BCUT2D eigenvalue weighted by molar-refractivity contribution is -0.149. The Morgan fingerprint density at radius 3 is 2.96 bits per heavy atom. The van der Waals surface area contributed by atoms with E-state index in [4.69, 9.17) is 9.84 Å². The fraction of sp³-hybridized carbons (Fsp3) is 0.529. The maximum Gasteiger partial charge on any atom is 0.306 e. The van der Waals surface area contributed by atoms with E-state index in [1.165, 1.54) is 12.1 Å². The Morgan fingerprint density at radius 2 is 2.26 bits per heavy atom. The molecule has 1 aromatic carbocycles. The van der Waals surface area contributed by atoms with Crippen LogP contribution in [0.15, 0.2) is 24.3 Å². The fourth-order valence-electron chi connectivity index (χ4n) is 2.75. The van der Waals surface area contributed by atoms with Gasteiger partial charge >= 0.3 is 5.97 Å². The van der Waals surface area contributed by atoms with Crippen LogP contribution in [0.3, 0.4) is 0 Å². The van der Waals surface area contributed by atoms with Crippen molar-refractivity contribution in [2.45, 2.75) is 32.3 Å². The molecule has 1 N–H and O–H groups in total. The Bertz CT molecular complexity index is 563. The highest BCUT2D eigenvalue weighted by Gasteiger charge is 2.28. The van der Waals surface area contributed by atoms with E-state index in [-0.39, 0.29) is 24.1 Å². The zero-order chi connectivity index (χ0) is 16.8. The van der Waals surface area contributed by atoms with E-state index in [1.54, 1.807) is 11.0 Å². The van der Waals surface area contributed by atoms with Crippen molar-refractivity contribution in [1.82, 2.24) is 4.90 Å². The standard InChI is InChI=1S/C17H22FNO4/c1-12(5-6-13-3-2-4-14(18)9-13)17(22)19-7-8-23-15(11-19)10-16(20)21/h2-4,9,12,15H,5-8,10-11H2,1H3,(H,20,21). The number of carboxylic acid groups (broad SMARTS) is 1. The van der Waals surface area contributed by atoms with Crippen LogP contribution in [0.1, 0.15) is 25.3 Å². The molecule has 23 heavy (non-hydrogen) atoms. The maximum absolute atomic E-state index is 13.2. The summed E-state index contributed by atoms with van der Waals surface area (Å²) in [7, 11) is 0. The van der Waals surface area contributed by atoms with Gasteiger partial charge in [0.15, 0.2) is 0 Å². The zero-order valence-electron chi connectivity index (χ0n) is 13.2. The van der Waals surface area contributed by atoms with Gasteiger partial charge in [-0.1, -0.05) is 19.1 Å². The Labute approximate surface area is 135 Å². The molecule has 1 fully saturated rings. The second-order valence-electron chi connectivity index (χ2n) is 5.94. The number of hydrogen-bond acceptors (Lipinski definition) is 3. The van der Waals surface area contributed by atoms with Crippen molar-refractivity contribution in [2.75, 3.05) is 19.7 Å². The normalized spacial score (nSPS) is 19.4. The molecule has 0 aliphatic carbocycles. The molecule has 0 radical (unpaired) electrons. The molecule has 2 rings (SSSR count). The fourth-order valence-corrected chi connectivity index (χ4v) is 2.75. The molecule has 1 aromatic rings. The van der Waals surface area contributed by atoms with Crippen LogP contribution in [0.25, 0.3) is 0 Å². The first-order valence-corrected chi connectivity index (χ1v) is 7.82. The molecule has 0 aromatic heterocycles. The van der Waals surface area contributed by atoms with Gasteiger partial charge in [-0.2, -0.15) is 0 Å². The summed E-state index contributed by atoms with van der Waals surface area (Å²) in [5.74, 6) is -1.39. The molecule has 1 saturated heterocycles. The van der Waals surface area contributed by atoms with Gasteiger partial charge in [-0.3, -0.25) is 9.59 Å². The summed E-state index contributed by atoms with van der Waals surface area (Å²) in [4.78, 5) is 24.9. The third kappa shape index (κ3) is 5.32. The average molecular weight is 323 g/mol. The minimum absolute atomic E-state index is 0.0000850. The largest absolute Gasteiger partial charge is 0.481 e. The third-order valence-corrected chi connectivity index (χ3v) is 4.03. The van der Waals surface area contributed by atoms with Crippen molar-refractivity contribution < 1.29 is 23.8 Å². The Kier molecular flexibility index (Phi) is 6.10. The van der Waals surface area contributed by atoms with Gasteiger partial charge in [0.25, 0.3) is 0 Å². The van der Waals surface area contributed by atoms with Crippen LogP contribution in [-0.4, -0.2) is 47.7 Å². The molecule has 0 spiro atoms. The van der Waals surface area contributed by atoms with Gasteiger partial charge < -0.3 is 14.7 Å². The summed E-state index contributed by atoms with van der Waals surface area (Å²) in [6, 6.07) is 6.39. The number of benzene rings is 1. The molecular weight excluding hydrogens is 301 g/mol. The van der Waals surface area contributed by atoms with E-state index < -0.39 is 12.1 Å². The van der Waals surface area contributed by atoms with Gasteiger partial charge in [0, 0.05) is 19.0 Å². The molecule has 1 aliphatic rings. The molecule has 1 aliphatic heterocycles. The number of carboxylic acids is 1. The predicted octanol–water partition coefficient (Wildman–Crippen LogP) is 2.10. The summed E-state index contributed by atoms with van der Waals surface area (Å²) < 4.78 is 18.5. The molecule has 1 heterocycles. The van der Waals surface area contributed by atoms with E-state index in [0.29, 0.717) is 32.5 Å². The molecule has 5 nitrogen and oxygen atoms in total. The molecule has 1 amide bonds. The zero-order valence-corrected chi connectivity index (χ0v) is 13.2. The van der Waals surface area contributed by atoms with Crippen molar-refractivity contribution in [3.63, 3.8) is 0 Å². The molecule has 6 heteroatoms. The lowest BCUT2D eigenvalue weighted by Crippen LogP contribution is -2.48. The van der Waals surface area contributed by atoms with Crippen molar-refractivity contribution in [3.05, 3.63) is 35.6 Å². The molecule has 0 bridgehead atoms. The first-order chi connectivity index (χ1) is 11.0. The number of aliphatic carboxylic acids is 1. The number of carbonyl (C=O) groups excluding carboxylic acids is 1. The summed E-state index contributed by atoms with van der Waals surface area (Å²) in [5.41, 5.74) is 0.871. The Balaban J connectivity index is 1.85. The highest BCUT2D eigenvalue weighted by atomic mass is 19.1. The molecule has 2 atom stereocenters. The van der Waals surface area contributed by atoms with Crippen molar-refractivity contribution in [3.8, 4) is 0 Å². The number of halogens is 1. The number of morpholine rings is 1. The average Bonchev–Trinajstić information content (AvgIpc) is 2.51. The van der Waals surface area contributed by atoms with E-state index in [1.807, 2.05) is 13.0 Å². The van der Waals surface area contributed by atoms with Crippen LogP contribution >= 0.6 is 0 Å². The summed E-state index contributed by atoms with van der Waals surface area (Å²) in [6.07, 6.45) is 0.721. The first kappa shape index (κ1) is 17.4. The number of aryl methyl sites for hydroxylation is 1. The summed E-state index contributed by atoms with van der Waals surface area (Å²) in [5, 5.41) is 8.82. The van der Waals surface area contributed by atoms with Crippen LogP contribution in [0.2, 0.25) is 0 Å². The van der Waals surface area contributed by atoms with Crippen LogP contribution in [0.4, 0.5) is 4.39 Å². The van der Waals surface area contributed by atoms with Gasteiger partial charge in [-0.25, -0.2) is 4.39 Å². The van der Waals surface area contributed by atoms with Crippen LogP contribution in [-0.2, 0) is 20.7 Å². The number of carbonyl (C=O) groups is 2. The van der Waals surface area contributed by atoms with Gasteiger partial charge in [0.2, 0.25) is 5.91 Å². The SMILES string of the molecule is CC(CCc1cccc(F)c1)C(=O)N1CCOC(CC(=O)O)C1. The Hall–Kier alpha value is -1.95. The van der Waals surface area contributed by atoms with Gasteiger partial charge in [0.1, 0.15) is 5.82 Å². The number of ether oxygens (including phenoxy) is 1. The minimum Gasteiger partial charge on any atom is -0.481 e. The minimum atomic E-state index is -0.927. The van der Waals surface area contributed by atoms with E-state index in [0.717, 1.165) is 5.56 Å². The highest BCUT2D eigenvalue weighted by molar-refractivity contribution is 5.78. The van der Waals surface area contributed by atoms with Crippen molar-refractivity contribution >= 4 is 11.9 Å². The lowest BCUT2D eigenvalue weighted by Gasteiger charge is -2.34. The topological polar surface area (TPSA) is 66.8 Å². The van der Waals surface area contributed by atoms with Crippen molar-refractivity contribution in [1.29, 1.82) is 0 Å². The van der Waals surface area contributed by atoms with E-state index in [2.05, 4.69) is 0 Å². The highest BCUT2D eigenvalue weighted by Crippen LogP contribution is 2.16. The summed E-state index contributed by atoms with van der Waals surface area (Å²) in [6.45, 7) is 3.01. The molecule has 2 unspecified atom stereocenters. The Morgan fingerprint density at radius 1 is 1.48 bits per heavy atom. The first-order valence-electron chi connectivity index (χ1n) is 7.82. The monoisotopic (exact) mass is 323 g/mol. The number of amides is 1. The number of hydrogen-bond donors (Lipinski definition) is 1. The summed E-state index contributed by atoms with van der Waals surface area (Å²) >= 11 is 0. The maximum atomic E-state index is 13.2. The third-order valence-electron chi connectivity index (χ3n) is 4.03. The van der Waals surface area contributed by atoms with Gasteiger partial charge in [-0.15, -0.1) is 0 Å². The van der Waals surface area contributed by atoms with Gasteiger partial charge in [0.05, 0.1) is 19.1 Å². The van der Waals surface area contributed by atoms with Crippen LogP contribution in [0, 0.1) is 11.7 Å². The number of nitrogens with zero attached hydrogens (tertiary/aromatic N) is 1. The molecule has 126 valence electrons. The van der Waals surface area contributed by atoms with Crippen LogP contribution < -0.4 is 0 Å². The quantitative estimate of drug-likeness (QED) is 0.870. The lowest BCUT2D eigenvalue weighted by atomic mass is 9.99. The van der Waals surface area contributed by atoms with Crippen LogP contribution in [0.5, 0.6) is 0 Å². The number of rotatable bonds is 6.